The first-order valence-corrected chi connectivity index (χ1v) is 5.19. The average Bonchev–Trinajstić information content (AvgIpc) is 2.82. The van der Waals surface area contributed by atoms with Crippen molar-refractivity contribution in [3.05, 3.63) is 30.5 Å². The Morgan fingerprint density at radius 1 is 1.50 bits per heavy atom. The molecule has 1 aliphatic carbocycles. The van der Waals surface area contributed by atoms with E-state index in [1.165, 1.54) is 6.20 Å². The van der Waals surface area contributed by atoms with Gasteiger partial charge in [-0.1, -0.05) is 0 Å². The lowest BCUT2D eigenvalue weighted by Gasteiger charge is -2.05. The van der Waals surface area contributed by atoms with Crippen molar-refractivity contribution in [2.24, 2.45) is 0 Å². The van der Waals surface area contributed by atoms with Gasteiger partial charge in [0.15, 0.2) is 0 Å². The number of rotatable bonds is 3. The number of nitrogens with zero attached hydrogens (tertiary/aromatic N) is 2. The smallest absolute Gasteiger partial charge is 0.337 e. The molecular formula is C11H11N3O2. The van der Waals surface area contributed by atoms with Crippen LogP contribution in [-0.4, -0.2) is 25.6 Å². The number of aromatic nitrogens is 3. The maximum Gasteiger partial charge on any atom is 0.337 e. The Morgan fingerprint density at radius 3 is 3.00 bits per heavy atom. The monoisotopic (exact) mass is 217 g/mol. The van der Waals surface area contributed by atoms with Gasteiger partial charge in [-0.15, -0.1) is 0 Å². The highest BCUT2D eigenvalue weighted by atomic mass is 16.4. The molecule has 1 saturated carbocycles. The van der Waals surface area contributed by atoms with E-state index in [1.54, 1.807) is 18.7 Å². The van der Waals surface area contributed by atoms with Gasteiger partial charge in [-0.05, 0) is 12.8 Å². The van der Waals surface area contributed by atoms with Gasteiger partial charge in [0.1, 0.15) is 0 Å². The van der Waals surface area contributed by atoms with E-state index in [2.05, 4.69) is 14.5 Å². The molecule has 0 spiro atoms. The molecule has 3 rings (SSSR count). The normalized spacial score (nSPS) is 15.2. The Hall–Kier alpha value is -2.04. The van der Waals surface area contributed by atoms with Crippen LogP contribution in [0.5, 0.6) is 0 Å². The summed E-state index contributed by atoms with van der Waals surface area (Å²) in [6.07, 6.45) is 8.99. The molecular weight excluding hydrogens is 206 g/mol. The third-order valence-electron chi connectivity index (χ3n) is 2.86. The van der Waals surface area contributed by atoms with Crippen LogP contribution in [0.25, 0.3) is 11.3 Å². The second-order valence-electron chi connectivity index (χ2n) is 4.01. The van der Waals surface area contributed by atoms with E-state index in [-0.39, 0.29) is 0 Å². The zero-order valence-electron chi connectivity index (χ0n) is 8.55. The van der Waals surface area contributed by atoms with Crippen LogP contribution in [0, 0.1) is 0 Å². The van der Waals surface area contributed by atoms with E-state index in [4.69, 9.17) is 5.11 Å². The molecule has 2 aromatic rings. The second-order valence-corrected chi connectivity index (χ2v) is 4.01. The fourth-order valence-corrected chi connectivity index (χ4v) is 1.91. The molecule has 82 valence electrons. The highest BCUT2D eigenvalue weighted by Gasteiger charge is 2.27. The van der Waals surface area contributed by atoms with Crippen molar-refractivity contribution in [1.29, 1.82) is 0 Å². The zero-order valence-corrected chi connectivity index (χ0v) is 8.55. The largest absolute Gasteiger partial charge is 0.478 e. The lowest BCUT2D eigenvalue weighted by atomic mass is 10.1. The Labute approximate surface area is 91.7 Å². The van der Waals surface area contributed by atoms with Crippen molar-refractivity contribution in [3.63, 3.8) is 0 Å². The van der Waals surface area contributed by atoms with Gasteiger partial charge in [-0.25, -0.2) is 9.78 Å². The van der Waals surface area contributed by atoms with Crippen molar-refractivity contribution in [1.82, 2.24) is 14.5 Å². The number of carbonyl (C=O) groups is 1. The molecule has 2 heterocycles. The molecule has 0 aliphatic heterocycles. The van der Waals surface area contributed by atoms with Crippen LogP contribution in [0.1, 0.15) is 29.2 Å². The highest BCUT2D eigenvalue weighted by molar-refractivity contribution is 5.95. The maximum atomic E-state index is 11.0. The summed E-state index contributed by atoms with van der Waals surface area (Å²) >= 11 is 0. The summed E-state index contributed by atoms with van der Waals surface area (Å²) in [6, 6.07) is 0.494. The molecule has 1 aliphatic rings. The lowest BCUT2D eigenvalue weighted by molar-refractivity contribution is 0.0698. The first-order valence-electron chi connectivity index (χ1n) is 5.19. The van der Waals surface area contributed by atoms with Crippen LogP contribution < -0.4 is 0 Å². The van der Waals surface area contributed by atoms with Gasteiger partial charge < -0.3 is 14.7 Å². The highest BCUT2D eigenvalue weighted by Crippen LogP contribution is 2.38. The number of H-pyrrole nitrogens is 1. The van der Waals surface area contributed by atoms with Crippen LogP contribution in [0.15, 0.2) is 24.9 Å². The first-order chi connectivity index (χ1) is 7.77. The van der Waals surface area contributed by atoms with E-state index in [9.17, 15) is 4.79 Å². The molecule has 0 saturated heterocycles. The van der Waals surface area contributed by atoms with E-state index in [0.29, 0.717) is 17.2 Å². The predicted octanol–water partition coefficient (Wildman–Crippen LogP) is 1.91. The Balaban J connectivity index is 2.10. The predicted molar refractivity (Wildman–Crippen MR) is 57.2 cm³/mol. The number of carboxylic acids is 1. The third kappa shape index (κ3) is 1.32. The third-order valence-corrected chi connectivity index (χ3v) is 2.86. The van der Waals surface area contributed by atoms with Crippen LogP contribution in [0.3, 0.4) is 0 Å². The molecule has 5 heteroatoms. The molecule has 2 aromatic heterocycles. The second kappa shape index (κ2) is 3.23. The molecule has 16 heavy (non-hydrogen) atoms. The minimum atomic E-state index is -0.917. The minimum absolute atomic E-state index is 0.294. The van der Waals surface area contributed by atoms with Crippen LogP contribution in [0.2, 0.25) is 0 Å². The van der Waals surface area contributed by atoms with Crippen LogP contribution in [-0.2, 0) is 0 Å². The summed E-state index contributed by atoms with van der Waals surface area (Å²) in [5.74, 6) is -0.917. The molecule has 0 bridgehead atoms. The maximum absolute atomic E-state index is 11.0. The Kier molecular flexibility index (Phi) is 1.86. The molecule has 0 unspecified atom stereocenters. The summed E-state index contributed by atoms with van der Waals surface area (Å²) in [5.41, 5.74) is 1.88. The van der Waals surface area contributed by atoms with Gasteiger partial charge >= 0.3 is 5.97 Å². The van der Waals surface area contributed by atoms with Crippen LogP contribution >= 0.6 is 0 Å². The fraction of sp³-hybridized carbons (Fsp3) is 0.273. The van der Waals surface area contributed by atoms with Crippen molar-refractivity contribution in [2.45, 2.75) is 18.9 Å². The molecule has 2 N–H and O–H groups in total. The Bertz CT molecular complexity index is 537. The van der Waals surface area contributed by atoms with Gasteiger partial charge in [-0.2, -0.15) is 0 Å². The van der Waals surface area contributed by atoms with Crippen LogP contribution in [0.4, 0.5) is 0 Å². The summed E-state index contributed by atoms with van der Waals surface area (Å²) < 4.78 is 2.05. The van der Waals surface area contributed by atoms with E-state index in [0.717, 1.165) is 18.5 Å². The van der Waals surface area contributed by atoms with E-state index in [1.807, 2.05) is 0 Å². The van der Waals surface area contributed by atoms with Crippen molar-refractivity contribution >= 4 is 5.97 Å². The van der Waals surface area contributed by atoms with Gasteiger partial charge in [0, 0.05) is 24.0 Å². The average molecular weight is 217 g/mol. The number of aromatic amines is 1. The lowest BCUT2D eigenvalue weighted by Crippen LogP contribution is -2.00. The first kappa shape index (κ1) is 9.21. The molecule has 1 fully saturated rings. The van der Waals surface area contributed by atoms with Crippen molar-refractivity contribution in [3.8, 4) is 11.3 Å². The summed E-state index contributed by atoms with van der Waals surface area (Å²) in [6.45, 7) is 0. The molecule has 0 atom stereocenters. The number of hydrogen-bond acceptors (Lipinski definition) is 2. The van der Waals surface area contributed by atoms with Crippen molar-refractivity contribution in [2.75, 3.05) is 0 Å². The SMILES string of the molecule is O=C(O)c1c[nH]cc1-c1cncn1C1CC1. The van der Waals surface area contributed by atoms with E-state index >= 15 is 0 Å². The topological polar surface area (TPSA) is 70.9 Å². The number of imidazole rings is 1. The summed E-state index contributed by atoms with van der Waals surface area (Å²) in [4.78, 5) is 18.0. The number of aromatic carboxylic acids is 1. The summed E-state index contributed by atoms with van der Waals surface area (Å²) in [7, 11) is 0. The molecule has 0 amide bonds. The molecule has 0 radical (unpaired) electrons. The fourth-order valence-electron chi connectivity index (χ4n) is 1.91. The number of nitrogens with one attached hydrogen (secondary N) is 1. The van der Waals surface area contributed by atoms with Gasteiger partial charge in [-0.3, -0.25) is 0 Å². The Morgan fingerprint density at radius 2 is 2.31 bits per heavy atom. The van der Waals surface area contributed by atoms with Gasteiger partial charge in [0.05, 0.1) is 23.8 Å². The van der Waals surface area contributed by atoms with E-state index < -0.39 is 5.97 Å². The number of hydrogen-bond donors (Lipinski definition) is 2. The van der Waals surface area contributed by atoms with Gasteiger partial charge in [0.2, 0.25) is 0 Å². The minimum Gasteiger partial charge on any atom is -0.478 e. The van der Waals surface area contributed by atoms with Crippen molar-refractivity contribution < 1.29 is 9.90 Å². The zero-order chi connectivity index (χ0) is 11.1. The summed E-state index contributed by atoms with van der Waals surface area (Å²) in [5, 5.41) is 9.05. The molecule has 5 nitrogen and oxygen atoms in total. The quantitative estimate of drug-likeness (QED) is 0.824. The standard InChI is InChI=1S/C11H11N3O2/c15-11(16)9-4-12-3-8(9)10-5-13-6-14(10)7-1-2-7/h3-7,12H,1-2H2,(H,15,16). The number of carboxylic acid groups (broad SMARTS) is 1. The molecule has 0 aromatic carbocycles. The van der Waals surface area contributed by atoms with Gasteiger partial charge in [0.25, 0.3) is 0 Å².